The van der Waals surface area contributed by atoms with Crippen LogP contribution in [0.5, 0.6) is 0 Å². The molecule has 1 amide bonds. The van der Waals surface area contributed by atoms with Crippen molar-refractivity contribution in [2.75, 3.05) is 31.1 Å². The maximum atomic E-state index is 12.2. The van der Waals surface area contributed by atoms with E-state index in [0.29, 0.717) is 19.7 Å². The fraction of sp³-hybridized carbons (Fsp3) is 0.278. The summed E-state index contributed by atoms with van der Waals surface area (Å²) in [5.74, 6) is 0.906. The highest BCUT2D eigenvalue weighted by atomic mass is 16.6. The number of anilines is 1. The van der Waals surface area contributed by atoms with Crippen LogP contribution in [0.25, 0.3) is 11.0 Å². The van der Waals surface area contributed by atoms with E-state index in [-0.39, 0.29) is 6.09 Å². The normalized spacial score (nSPS) is 14.7. The van der Waals surface area contributed by atoms with Crippen LogP contribution < -0.4 is 4.90 Å². The van der Waals surface area contributed by atoms with Crippen molar-refractivity contribution in [1.29, 1.82) is 0 Å². The number of aromatic nitrogens is 3. The Morgan fingerprint density at radius 3 is 2.68 bits per heavy atom. The fourth-order valence-corrected chi connectivity index (χ4v) is 3.02. The number of nitrogens with one attached hydrogen (secondary N) is 1. The summed E-state index contributed by atoms with van der Waals surface area (Å²) >= 11 is 0. The molecule has 0 bridgehead atoms. The van der Waals surface area contributed by atoms with Crippen LogP contribution in [0, 0.1) is 0 Å². The molecule has 7 heteroatoms. The molecule has 1 aromatic carbocycles. The van der Waals surface area contributed by atoms with Gasteiger partial charge in [0.2, 0.25) is 0 Å². The molecule has 0 saturated carbocycles. The van der Waals surface area contributed by atoms with Gasteiger partial charge in [-0.3, -0.25) is 0 Å². The first kappa shape index (κ1) is 15.4. The number of piperazine rings is 1. The van der Waals surface area contributed by atoms with Gasteiger partial charge in [0.25, 0.3) is 0 Å². The van der Waals surface area contributed by atoms with Gasteiger partial charge in [0.15, 0.2) is 0 Å². The van der Waals surface area contributed by atoms with Crippen LogP contribution in [-0.4, -0.2) is 52.1 Å². The lowest BCUT2D eigenvalue weighted by Gasteiger charge is -2.34. The summed E-state index contributed by atoms with van der Waals surface area (Å²) in [6, 6.07) is 11.7. The van der Waals surface area contributed by atoms with Crippen LogP contribution in [0.15, 0.2) is 48.9 Å². The van der Waals surface area contributed by atoms with Crippen molar-refractivity contribution in [2.24, 2.45) is 0 Å². The smallest absolute Gasteiger partial charge is 0.410 e. The molecule has 0 spiro atoms. The van der Waals surface area contributed by atoms with Gasteiger partial charge in [0, 0.05) is 32.4 Å². The molecule has 0 atom stereocenters. The molecule has 1 aliphatic heterocycles. The number of ether oxygens (including phenoxy) is 1. The lowest BCUT2D eigenvalue weighted by Crippen LogP contribution is -2.49. The fourth-order valence-electron chi connectivity index (χ4n) is 3.02. The molecule has 1 aliphatic rings. The highest BCUT2D eigenvalue weighted by molar-refractivity contribution is 5.87. The summed E-state index contributed by atoms with van der Waals surface area (Å²) in [5.41, 5.74) is 1.82. The van der Waals surface area contributed by atoms with E-state index in [1.54, 1.807) is 11.2 Å². The number of aromatic amines is 1. The Morgan fingerprint density at radius 1 is 1.08 bits per heavy atom. The van der Waals surface area contributed by atoms with Gasteiger partial charge in [-0.2, -0.15) is 0 Å². The first-order chi connectivity index (χ1) is 12.3. The number of carbonyl (C=O) groups is 1. The van der Waals surface area contributed by atoms with E-state index < -0.39 is 0 Å². The van der Waals surface area contributed by atoms with Crippen LogP contribution in [-0.2, 0) is 11.3 Å². The Balaban J connectivity index is 1.35. The van der Waals surface area contributed by atoms with Crippen LogP contribution >= 0.6 is 0 Å². The van der Waals surface area contributed by atoms with Crippen LogP contribution in [0.4, 0.5) is 10.6 Å². The number of carbonyl (C=O) groups excluding carboxylic acids is 1. The molecular formula is C18H19N5O2. The van der Waals surface area contributed by atoms with Crippen molar-refractivity contribution in [3.63, 3.8) is 0 Å². The second-order valence-electron chi connectivity index (χ2n) is 5.95. The predicted octanol–water partition coefficient (Wildman–Crippen LogP) is 2.42. The first-order valence-corrected chi connectivity index (χ1v) is 8.30. The van der Waals surface area contributed by atoms with Crippen LogP contribution in [0.3, 0.4) is 0 Å². The Labute approximate surface area is 145 Å². The molecule has 0 unspecified atom stereocenters. The number of benzene rings is 1. The molecule has 0 radical (unpaired) electrons. The third kappa shape index (κ3) is 3.26. The van der Waals surface area contributed by atoms with Crippen molar-refractivity contribution in [3.8, 4) is 0 Å². The summed E-state index contributed by atoms with van der Waals surface area (Å²) in [6.45, 7) is 2.97. The average molecular weight is 337 g/mol. The van der Waals surface area contributed by atoms with Gasteiger partial charge < -0.3 is 19.5 Å². The van der Waals surface area contributed by atoms with E-state index in [1.165, 1.54) is 0 Å². The number of H-pyrrole nitrogens is 1. The number of amides is 1. The van der Waals surface area contributed by atoms with Crippen LogP contribution in [0.1, 0.15) is 5.56 Å². The van der Waals surface area contributed by atoms with E-state index >= 15 is 0 Å². The van der Waals surface area contributed by atoms with E-state index in [1.807, 2.05) is 42.6 Å². The molecule has 1 N–H and O–H groups in total. The third-order valence-corrected chi connectivity index (χ3v) is 4.38. The molecule has 128 valence electrons. The molecule has 2 aromatic heterocycles. The molecule has 7 nitrogen and oxygen atoms in total. The minimum Gasteiger partial charge on any atom is -0.445 e. The van der Waals surface area contributed by atoms with Gasteiger partial charge in [-0.15, -0.1) is 0 Å². The monoisotopic (exact) mass is 337 g/mol. The second-order valence-corrected chi connectivity index (χ2v) is 5.95. The Hall–Kier alpha value is -3.09. The second kappa shape index (κ2) is 6.80. The summed E-state index contributed by atoms with van der Waals surface area (Å²) in [5, 5.41) is 1.00. The maximum Gasteiger partial charge on any atom is 0.410 e. The summed E-state index contributed by atoms with van der Waals surface area (Å²) in [6.07, 6.45) is 3.16. The SMILES string of the molecule is O=C(OCc1ccccc1)N1CCN(c2ncnc3[nH]ccc23)CC1. The van der Waals surface area contributed by atoms with Gasteiger partial charge in [-0.05, 0) is 11.6 Å². The number of rotatable bonds is 3. The molecule has 3 aromatic rings. The highest BCUT2D eigenvalue weighted by Gasteiger charge is 2.24. The number of nitrogens with zero attached hydrogens (tertiary/aromatic N) is 4. The lowest BCUT2D eigenvalue weighted by molar-refractivity contribution is 0.0941. The van der Waals surface area contributed by atoms with E-state index in [9.17, 15) is 4.79 Å². The lowest BCUT2D eigenvalue weighted by atomic mass is 10.2. The van der Waals surface area contributed by atoms with Crippen molar-refractivity contribution in [3.05, 3.63) is 54.5 Å². The standard InChI is InChI=1S/C18H19N5O2/c24-18(25-12-14-4-2-1-3-5-14)23-10-8-22(9-11-23)17-15-6-7-19-16(15)20-13-21-17/h1-7,13H,8-12H2,(H,19,20,21). The van der Waals surface area contributed by atoms with E-state index in [2.05, 4.69) is 19.9 Å². The van der Waals surface area contributed by atoms with Gasteiger partial charge in [-0.1, -0.05) is 30.3 Å². The average Bonchev–Trinajstić information content (AvgIpc) is 3.16. The van der Waals surface area contributed by atoms with Crippen LogP contribution in [0.2, 0.25) is 0 Å². The number of fused-ring (bicyclic) bond motifs is 1. The number of hydrogen-bond donors (Lipinski definition) is 1. The Bertz CT molecular complexity index is 856. The minimum atomic E-state index is -0.266. The predicted molar refractivity (Wildman–Crippen MR) is 94.3 cm³/mol. The topological polar surface area (TPSA) is 74.3 Å². The molecule has 25 heavy (non-hydrogen) atoms. The molecule has 0 aliphatic carbocycles. The zero-order valence-electron chi connectivity index (χ0n) is 13.8. The molecule has 1 fully saturated rings. The molecule has 4 rings (SSSR count). The maximum absolute atomic E-state index is 12.2. The largest absolute Gasteiger partial charge is 0.445 e. The molecule has 3 heterocycles. The zero-order chi connectivity index (χ0) is 17.1. The summed E-state index contributed by atoms with van der Waals surface area (Å²) in [4.78, 5) is 27.9. The number of hydrogen-bond acceptors (Lipinski definition) is 5. The molecule has 1 saturated heterocycles. The zero-order valence-corrected chi connectivity index (χ0v) is 13.8. The highest BCUT2D eigenvalue weighted by Crippen LogP contribution is 2.23. The summed E-state index contributed by atoms with van der Waals surface area (Å²) in [7, 11) is 0. The quantitative estimate of drug-likeness (QED) is 0.794. The first-order valence-electron chi connectivity index (χ1n) is 8.30. The van der Waals surface area contributed by atoms with E-state index in [4.69, 9.17) is 4.74 Å². The van der Waals surface area contributed by atoms with Crippen molar-refractivity contribution < 1.29 is 9.53 Å². The van der Waals surface area contributed by atoms with Crippen molar-refractivity contribution in [2.45, 2.75) is 6.61 Å². The van der Waals surface area contributed by atoms with Gasteiger partial charge in [0.05, 0.1) is 5.39 Å². The summed E-state index contributed by atoms with van der Waals surface area (Å²) < 4.78 is 5.40. The van der Waals surface area contributed by atoms with Gasteiger partial charge in [-0.25, -0.2) is 14.8 Å². The van der Waals surface area contributed by atoms with E-state index in [0.717, 1.165) is 35.5 Å². The molecular weight excluding hydrogens is 318 g/mol. The minimum absolute atomic E-state index is 0.266. The van der Waals surface area contributed by atoms with Crippen molar-refractivity contribution in [1.82, 2.24) is 19.9 Å². The van der Waals surface area contributed by atoms with Crippen molar-refractivity contribution >= 4 is 22.9 Å². The third-order valence-electron chi connectivity index (χ3n) is 4.38. The van der Waals surface area contributed by atoms with Gasteiger partial charge >= 0.3 is 6.09 Å². The van der Waals surface area contributed by atoms with Gasteiger partial charge in [0.1, 0.15) is 24.4 Å². The Kier molecular flexibility index (Phi) is 4.20. The Morgan fingerprint density at radius 2 is 1.88 bits per heavy atom.